The minimum atomic E-state index is -0.900. The Labute approximate surface area is 122 Å². The van der Waals surface area contributed by atoms with Gasteiger partial charge in [0.25, 0.3) is 0 Å². The molecule has 1 atom stereocenters. The van der Waals surface area contributed by atoms with Crippen molar-refractivity contribution >= 4 is 0 Å². The van der Waals surface area contributed by atoms with E-state index in [0.29, 0.717) is 6.54 Å². The van der Waals surface area contributed by atoms with Crippen molar-refractivity contribution in [1.82, 2.24) is 10.3 Å². The van der Waals surface area contributed by atoms with Gasteiger partial charge in [-0.3, -0.25) is 4.98 Å². The maximum atomic E-state index is 13.9. The fourth-order valence-corrected chi connectivity index (χ4v) is 2.16. The Kier molecular flexibility index (Phi) is 5.33. The van der Waals surface area contributed by atoms with E-state index in [-0.39, 0.29) is 17.7 Å². The van der Waals surface area contributed by atoms with Gasteiger partial charge in [-0.15, -0.1) is 0 Å². The van der Waals surface area contributed by atoms with E-state index in [1.54, 1.807) is 0 Å². The van der Waals surface area contributed by atoms with Crippen molar-refractivity contribution in [3.8, 4) is 0 Å². The highest BCUT2D eigenvalue weighted by Crippen LogP contribution is 2.22. The van der Waals surface area contributed by atoms with Crippen LogP contribution < -0.4 is 5.32 Å². The zero-order chi connectivity index (χ0) is 15.2. The number of hydrogen-bond donors (Lipinski definition) is 1. The molecule has 1 heterocycles. The van der Waals surface area contributed by atoms with Crippen LogP contribution in [0.25, 0.3) is 0 Å². The maximum absolute atomic E-state index is 13.9. The second-order valence-corrected chi connectivity index (χ2v) is 4.79. The van der Waals surface area contributed by atoms with Crippen LogP contribution >= 0.6 is 0 Å². The number of nitrogens with one attached hydrogen (secondary N) is 1. The lowest BCUT2D eigenvalue weighted by molar-refractivity contribution is 0.459. The van der Waals surface area contributed by atoms with E-state index in [1.807, 2.05) is 6.92 Å². The van der Waals surface area contributed by atoms with Gasteiger partial charge >= 0.3 is 0 Å². The van der Waals surface area contributed by atoms with Crippen molar-refractivity contribution in [1.29, 1.82) is 0 Å². The molecule has 0 saturated heterocycles. The Bertz CT molecular complexity index is 602. The molecule has 2 aromatic rings. The third kappa shape index (κ3) is 3.82. The summed E-state index contributed by atoms with van der Waals surface area (Å²) < 4.78 is 40.9. The molecule has 21 heavy (non-hydrogen) atoms. The normalized spacial score (nSPS) is 12.4. The molecule has 2 rings (SSSR count). The lowest BCUT2D eigenvalue weighted by Gasteiger charge is -2.19. The topological polar surface area (TPSA) is 24.9 Å². The first-order valence-electron chi connectivity index (χ1n) is 6.90. The Morgan fingerprint density at radius 1 is 1.10 bits per heavy atom. The van der Waals surface area contributed by atoms with Crippen LogP contribution in [0.1, 0.15) is 30.6 Å². The molecule has 1 aromatic heterocycles. The fourth-order valence-electron chi connectivity index (χ4n) is 2.16. The molecule has 5 heteroatoms. The Hall–Kier alpha value is -1.88. The fraction of sp³-hybridized carbons (Fsp3) is 0.312. The highest BCUT2D eigenvalue weighted by molar-refractivity contribution is 5.23. The van der Waals surface area contributed by atoms with Gasteiger partial charge in [0.15, 0.2) is 11.6 Å². The number of rotatable bonds is 6. The van der Waals surface area contributed by atoms with Crippen LogP contribution in [0.15, 0.2) is 36.5 Å². The van der Waals surface area contributed by atoms with Crippen LogP contribution in [-0.2, 0) is 6.42 Å². The number of aromatic nitrogens is 1. The number of hydrogen-bond acceptors (Lipinski definition) is 2. The van der Waals surface area contributed by atoms with E-state index < -0.39 is 23.5 Å². The second-order valence-electron chi connectivity index (χ2n) is 4.79. The predicted molar refractivity (Wildman–Crippen MR) is 75.3 cm³/mol. The first kappa shape index (κ1) is 15.5. The molecule has 0 amide bonds. The molecule has 0 aliphatic carbocycles. The number of nitrogens with zero attached hydrogens (tertiary/aromatic N) is 1. The predicted octanol–water partition coefficient (Wildman–Crippen LogP) is 3.78. The molecular weight excluding hydrogens is 277 g/mol. The molecule has 0 aliphatic rings. The first-order chi connectivity index (χ1) is 10.1. The first-order valence-corrected chi connectivity index (χ1v) is 6.90. The summed E-state index contributed by atoms with van der Waals surface area (Å²) >= 11 is 0. The molecule has 1 unspecified atom stereocenters. The van der Waals surface area contributed by atoms with Gasteiger partial charge < -0.3 is 5.32 Å². The third-order valence-electron chi connectivity index (χ3n) is 3.21. The van der Waals surface area contributed by atoms with E-state index in [1.165, 1.54) is 30.5 Å². The van der Waals surface area contributed by atoms with Crippen LogP contribution in [0, 0.1) is 17.5 Å². The summed E-state index contributed by atoms with van der Waals surface area (Å²) in [5, 5.41) is 3.13. The van der Waals surface area contributed by atoms with E-state index >= 15 is 0 Å². The molecule has 0 saturated carbocycles. The largest absolute Gasteiger partial charge is 0.308 e. The molecule has 0 radical (unpaired) electrons. The van der Waals surface area contributed by atoms with Crippen LogP contribution in [0.4, 0.5) is 13.2 Å². The summed E-state index contributed by atoms with van der Waals surface area (Å²) in [6.07, 6.45) is 2.47. The van der Waals surface area contributed by atoms with Crippen LogP contribution in [-0.4, -0.2) is 11.5 Å². The van der Waals surface area contributed by atoms with E-state index in [9.17, 15) is 13.2 Å². The molecule has 1 aromatic carbocycles. The number of benzene rings is 1. The summed E-state index contributed by atoms with van der Waals surface area (Å²) in [5.74, 6) is -2.25. The average molecular weight is 294 g/mol. The lowest BCUT2D eigenvalue weighted by atomic mass is 10.0. The van der Waals surface area contributed by atoms with Crippen molar-refractivity contribution < 1.29 is 13.2 Å². The van der Waals surface area contributed by atoms with Gasteiger partial charge in [0.2, 0.25) is 0 Å². The Morgan fingerprint density at radius 2 is 1.86 bits per heavy atom. The zero-order valence-corrected chi connectivity index (χ0v) is 11.7. The summed E-state index contributed by atoms with van der Waals surface area (Å²) in [7, 11) is 0. The zero-order valence-electron chi connectivity index (χ0n) is 11.7. The highest BCUT2D eigenvalue weighted by atomic mass is 19.2. The van der Waals surface area contributed by atoms with Gasteiger partial charge in [-0.25, -0.2) is 13.2 Å². The summed E-state index contributed by atoms with van der Waals surface area (Å²) in [6, 6.07) is 6.32. The van der Waals surface area contributed by atoms with Crippen molar-refractivity contribution in [2.24, 2.45) is 0 Å². The van der Waals surface area contributed by atoms with Crippen molar-refractivity contribution in [3.05, 3.63) is 65.2 Å². The monoisotopic (exact) mass is 294 g/mol. The molecule has 2 nitrogen and oxygen atoms in total. The minimum Gasteiger partial charge on any atom is -0.308 e. The molecule has 1 N–H and O–H groups in total. The van der Waals surface area contributed by atoms with Gasteiger partial charge in [-0.2, -0.15) is 0 Å². The van der Waals surface area contributed by atoms with Crippen molar-refractivity contribution in [2.75, 3.05) is 6.54 Å². The van der Waals surface area contributed by atoms with Gasteiger partial charge in [0, 0.05) is 6.20 Å². The minimum absolute atomic E-state index is 0.136. The average Bonchev–Trinajstić information content (AvgIpc) is 2.48. The van der Waals surface area contributed by atoms with Gasteiger partial charge in [0.05, 0.1) is 11.7 Å². The molecule has 0 bridgehead atoms. The number of pyridine rings is 1. The summed E-state index contributed by atoms with van der Waals surface area (Å²) in [4.78, 5) is 4.03. The van der Waals surface area contributed by atoms with Crippen molar-refractivity contribution in [3.63, 3.8) is 0 Å². The van der Waals surface area contributed by atoms with E-state index in [0.717, 1.165) is 12.5 Å². The van der Waals surface area contributed by atoms with E-state index in [2.05, 4.69) is 10.3 Å². The third-order valence-corrected chi connectivity index (χ3v) is 3.21. The molecule has 112 valence electrons. The number of halogens is 3. The van der Waals surface area contributed by atoms with E-state index in [4.69, 9.17) is 0 Å². The van der Waals surface area contributed by atoms with Gasteiger partial charge in [0.1, 0.15) is 5.82 Å². The standard InChI is InChI=1S/C16H17F3N2/c1-2-8-20-14(16-13(18)7-4-9-21-16)10-11-5-3-6-12(17)15(11)19/h3-7,9,14,20H,2,8,10H2,1H3. The van der Waals surface area contributed by atoms with Crippen LogP contribution in [0.5, 0.6) is 0 Å². The Morgan fingerprint density at radius 3 is 2.57 bits per heavy atom. The van der Waals surface area contributed by atoms with Crippen LogP contribution in [0.2, 0.25) is 0 Å². The molecule has 0 spiro atoms. The highest BCUT2D eigenvalue weighted by Gasteiger charge is 2.19. The summed E-state index contributed by atoms with van der Waals surface area (Å²) in [5.41, 5.74) is 0.420. The van der Waals surface area contributed by atoms with Gasteiger partial charge in [-0.05, 0) is 43.1 Å². The summed E-state index contributed by atoms with van der Waals surface area (Å²) in [6.45, 7) is 2.61. The Balaban J connectivity index is 2.28. The molecule has 0 fully saturated rings. The molecule has 0 aliphatic heterocycles. The second kappa shape index (κ2) is 7.22. The van der Waals surface area contributed by atoms with Gasteiger partial charge in [-0.1, -0.05) is 19.1 Å². The maximum Gasteiger partial charge on any atom is 0.162 e. The quantitative estimate of drug-likeness (QED) is 0.877. The van der Waals surface area contributed by atoms with Crippen molar-refractivity contribution in [2.45, 2.75) is 25.8 Å². The smallest absolute Gasteiger partial charge is 0.162 e. The lowest BCUT2D eigenvalue weighted by Crippen LogP contribution is -2.26. The SMILES string of the molecule is CCCNC(Cc1cccc(F)c1F)c1ncccc1F. The molecular formula is C16H17F3N2. The van der Waals surface area contributed by atoms with Crippen LogP contribution in [0.3, 0.4) is 0 Å².